The minimum Gasteiger partial charge on any atom is -0.497 e. The number of nitrogens with one attached hydrogen (secondary N) is 1. The van der Waals surface area contributed by atoms with Crippen LogP contribution in [0, 0.1) is 6.92 Å². The van der Waals surface area contributed by atoms with Gasteiger partial charge in [-0.15, -0.1) is 0 Å². The fourth-order valence-corrected chi connectivity index (χ4v) is 6.10. The molecule has 0 radical (unpaired) electrons. The van der Waals surface area contributed by atoms with Crippen LogP contribution in [0.4, 0.5) is 0 Å². The van der Waals surface area contributed by atoms with Crippen LogP contribution < -0.4 is 9.46 Å². The first-order valence-corrected chi connectivity index (χ1v) is 12.1. The van der Waals surface area contributed by atoms with Crippen LogP contribution in [0.25, 0.3) is 0 Å². The summed E-state index contributed by atoms with van der Waals surface area (Å²) < 4.78 is 59.9. The summed E-state index contributed by atoms with van der Waals surface area (Å²) in [5.74, 6) is 0.534. The second kappa shape index (κ2) is 8.95. The number of sulfonamides is 1. The maximum absolute atomic E-state index is 13.3. The Morgan fingerprint density at radius 3 is 2.33 bits per heavy atom. The van der Waals surface area contributed by atoms with E-state index in [9.17, 15) is 16.8 Å². The molecule has 0 aliphatic heterocycles. The van der Waals surface area contributed by atoms with Crippen molar-refractivity contribution >= 4 is 19.9 Å². The number of methoxy groups -OCH3 is 1. The summed E-state index contributed by atoms with van der Waals surface area (Å²) in [6.45, 7) is 1.31. The van der Waals surface area contributed by atoms with E-state index < -0.39 is 25.1 Å². The lowest BCUT2D eigenvalue weighted by molar-refractivity contribution is 0.414. The fourth-order valence-electron chi connectivity index (χ4n) is 3.06. The van der Waals surface area contributed by atoms with Crippen molar-refractivity contribution in [3.8, 4) is 5.75 Å². The molecule has 0 bridgehead atoms. The van der Waals surface area contributed by atoms with Crippen molar-refractivity contribution in [3.63, 3.8) is 0 Å². The van der Waals surface area contributed by atoms with Crippen LogP contribution in [0.5, 0.6) is 5.75 Å². The molecule has 0 aliphatic rings. The van der Waals surface area contributed by atoms with Gasteiger partial charge in [0.25, 0.3) is 0 Å². The summed E-state index contributed by atoms with van der Waals surface area (Å²) in [4.78, 5) is 4.16. The highest BCUT2D eigenvalue weighted by atomic mass is 32.2. The molecule has 158 valence electrons. The molecule has 0 unspecified atom stereocenters. The molecule has 0 saturated carbocycles. The molecule has 1 heterocycles. The van der Waals surface area contributed by atoms with Crippen molar-refractivity contribution < 1.29 is 21.6 Å². The number of aromatic nitrogens is 1. The van der Waals surface area contributed by atoms with Crippen molar-refractivity contribution in [3.05, 3.63) is 84.2 Å². The number of pyridine rings is 1. The van der Waals surface area contributed by atoms with E-state index in [0.717, 1.165) is 0 Å². The molecule has 0 aliphatic carbocycles. The summed E-state index contributed by atoms with van der Waals surface area (Å²) in [5.41, 5.74) is 0.890. The second-order valence-electron chi connectivity index (χ2n) is 6.62. The number of sulfone groups is 1. The first kappa shape index (κ1) is 21.9. The molecular weight excluding hydrogens is 424 g/mol. The number of aryl methyl sites for hydroxylation is 1. The van der Waals surface area contributed by atoms with Crippen molar-refractivity contribution in [2.24, 2.45) is 0 Å². The average molecular weight is 447 g/mol. The zero-order valence-corrected chi connectivity index (χ0v) is 18.2. The lowest BCUT2D eigenvalue weighted by Gasteiger charge is -2.19. The first-order chi connectivity index (χ1) is 14.3. The number of ether oxygens (including phenoxy) is 1. The summed E-state index contributed by atoms with van der Waals surface area (Å²) in [6, 6.07) is 15.7. The van der Waals surface area contributed by atoms with Crippen LogP contribution in [-0.2, 0) is 19.9 Å². The van der Waals surface area contributed by atoms with Gasteiger partial charge in [-0.25, -0.2) is 21.6 Å². The Kier molecular flexibility index (Phi) is 6.55. The minimum atomic E-state index is -3.95. The van der Waals surface area contributed by atoms with Gasteiger partial charge in [-0.2, -0.15) is 0 Å². The van der Waals surface area contributed by atoms with E-state index in [1.807, 2.05) is 0 Å². The van der Waals surface area contributed by atoms with Gasteiger partial charge in [0, 0.05) is 18.9 Å². The van der Waals surface area contributed by atoms with Crippen molar-refractivity contribution in [2.45, 2.75) is 22.0 Å². The highest BCUT2D eigenvalue weighted by Gasteiger charge is 2.31. The molecule has 0 fully saturated rings. The van der Waals surface area contributed by atoms with Gasteiger partial charge in [-0.05, 0) is 54.4 Å². The van der Waals surface area contributed by atoms with Gasteiger partial charge < -0.3 is 4.74 Å². The molecule has 1 aromatic heterocycles. The van der Waals surface area contributed by atoms with Gasteiger partial charge in [0.15, 0.2) is 9.84 Å². The molecule has 3 aromatic rings. The quantitative estimate of drug-likeness (QED) is 0.571. The Labute approximate surface area is 176 Å². The predicted octanol–water partition coefficient (Wildman–Crippen LogP) is 2.89. The maximum Gasteiger partial charge on any atom is 0.240 e. The summed E-state index contributed by atoms with van der Waals surface area (Å²) in [6.07, 6.45) is 2.96. The van der Waals surface area contributed by atoms with E-state index in [1.165, 1.54) is 37.7 Å². The van der Waals surface area contributed by atoms with E-state index in [1.54, 1.807) is 49.4 Å². The van der Waals surface area contributed by atoms with Crippen molar-refractivity contribution in [1.29, 1.82) is 0 Å². The van der Waals surface area contributed by atoms with E-state index in [4.69, 9.17) is 4.74 Å². The van der Waals surface area contributed by atoms with Crippen molar-refractivity contribution in [2.75, 3.05) is 13.7 Å². The summed E-state index contributed by atoms with van der Waals surface area (Å²) in [5, 5.41) is -1.14. The van der Waals surface area contributed by atoms with Gasteiger partial charge in [-0.3, -0.25) is 4.98 Å². The number of hydrogen-bond donors (Lipinski definition) is 1. The number of hydrogen-bond acceptors (Lipinski definition) is 6. The average Bonchev–Trinajstić information content (AvgIpc) is 2.74. The second-order valence-corrected chi connectivity index (χ2v) is 10.5. The van der Waals surface area contributed by atoms with Crippen LogP contribution >= 0.6 is 0 Å². The SMILES string of the molecule is COc1ccc(S(=O)(=O)NC[C@H](c2cccnc2)S(=O)(=O)c2ccccc2)c(C)c1. The van der Waals surface area contributed by atoms with Crippen LogP contribution in [0.3, 0.4) is 0 Å². The first-order valence-electron chi connectivity index (χ1n) is 9.09. The van der Waals surface area contributed by atoms with Gasteiger partial charge >= 0.3 is 0 Å². The topological polar surface area (TPSA) is 102 Å². The standard InChI is InChI=1S/C21H22N2O5S2/c1-16-13-18(28-2)10-11-20(16)30(26,27)23-15-21(17-7-6-12-22-14-17)29(24,25)19-8-4-3-5-9-19/h3-14,21,23H,15H2,1-2H3/t21-/m1/s1. The molecule has 3 rings (SSSR count). The predicted molar refractivity (Wildman–Crippen MR) is 114 cm³/mol. The molecule has 9 heteroatoms. The zero-order valence-electron chi connectivity index (χ0n) is 16.5. The van der Waals surface area contributed by atoms with Gasteiger partial charge in [0.05, 0.1) is 16.9 Å². The smallest absolute Gasteiger partial charge is 0.240 e. The molecule has 2 aromatic carbocycles. The van der Waals surface area contributed by atoms with Crippen LogP contribution in [0.15, 0.2) is 82.8 Å². The normalized spacial score (nSPS) is 13.0. The third-order valence-electron chi connectivity index (χ3n) is 4.63. The fraction of sp³-hybridized carbons (Fsp3) is 0.190. The maximum atomic E-state index is 13.3. The highest BCUT2D eigenvalue weighted by Crippen LogP contribution is 2.29. The minimum absolute atomic E-state index is 0.0605. The molecule has 0 spiro atoms. The summed E-state index contributed by atoms with van der Waals surface area (Å²) >= 11 is 0. The monoisotopic (exact) mass is 446 g/mol. The largest absolute Gasteiger partial charge is 0.497 e. The Balaban J connectivity index is 1.95. The van der Waals surface area contributed by atoms with Gasteiger partial charge in [0.2, 0.25) is 10.0 Å². The lowest BCUT2D eigenvalue weighted by Crippen LogP contribution is -2.32. The number of benzene rings is 2. The van der Waals surface area contributed by atoms with Gasteiger partial charge in [-0.1, -0.05) is 24.3 Å². The zero-order chi connectivity index (χ0) is 21.8. The number of nitrogens with zero attached hydrogens (tertiary/aromatic N) is 1. The highest BCUT2D eigenvalue weighted by molar-refractivity contribution is 7.92. The molecule has 1 atom stereocenters. The molecule has 0 amide bonds. The molecule has 0 saturated heterocycles. The van der Waals surface area contributed by atoms with Crippen LogP contribution in [0.1, 0.15) is 16.4 Å². The van der Waals surface area contributed by atoms with E-state index in [-0.39, 0.29) is 16.3 Å². The molecule has 7 nitrogen and oxygen atoms in total. The lowest BCUT2D eigenvalue weighted by atomic mass is 10.2. The Morgan fingerprint density at radius 2 is 1.73 bits per heavy atom. The van der Waals surface area contributed by atoms with E-state index >= 15 is 0 Å². The number of rotatable bonds is 8. The Bertz CT molecular complexity index is 1210. The van der Waals surface area contributed by atoms with Crippen LogP contribution in [-0.4, -0.2) is 35.5 Å². The van der Waals surface area contributed by atoms with Crippen LogP contribution in [0.2, 0.25) is 0 Å². The van der Waals surface area contributed by atoms with E-state index in [0.29, 0.717) is 16.9 Å². The Morgan fingerprint density at radius 1 is 1.00 bits per heavy atom. The van der Waals surface area contributed by atoms with Gasteiger partial charge in [0.1, 0.15) is 11.0 Å². The van der Waals surface area contributed by atoms with E-state index in [2.05, 4.69) is 9.71 Å². The molecule has 30 heavy (non-hydrogen) atoms. The Hall–Kier alpha value is -2.75. The summed E-state index contributed by atoms with van der Waals surface area (Å²) in [7, 11) is -6.32. The van der Waals surface area contributed by atoms with Crippen molar-refractivity contribution in [1.82, 2.24) is 9.71 Å². The molecular formula is C21H22N2O5S2. The molecule has 1 N–H and O–H groups in total. The third-order valence-corrected chi connectivity index (χ3v) is 8.33. The third kappa shape index (κ3) is 4.69.